The number of carbonyl (C=O) groups excluding carboxylic acids is 1. The fourth-order valence-corrected chi connectivity index (χ4v) is 1.57. The highest BCUT2D eigenvalue weighted by atomic mass is 16.5. The second kappa shape index (κ2) is 7.92. The molecule has 0 heterocycles. The molecule has 5 nitrogen and oxygen atoms in total. The lowest BCUT2D eigenvalue weighted by atomic mass is 10.0. The van der Waals surface area contributed by atoms with Crippen LogP contribution in [0.4, 0.5) is 4.79 Å². The highest BCUT2D eigenvalue weighted by Crippen LogP contribution is 2.11. The number of aliphatic carboxylic acids is 1. The first kappa shape index (κ1) is 14.8. The molecule has 0 unspecified atom stereocenters. The lowest BCUT2D eigenvalue weighted by Crippen LogP contribution is -2.24. The summed E-state index contributed by atoms with van der Waals surface area (Å²) in [5.41, 5.74) is 1.80. The SMILES string of the molecule is C=CCOC(=O)NCc1ccccc1CCC(=O)O. The van der Waals surface area contributed by atoms with Crippen molar-refractivity contribution in [1.29, 1.82) is 0 Å². The molecule has 0 aliphatic carbocycles. The molecule has 0 aromatic heterocycles. The maximum Gasteiger partial charge on any atom is 0.407 e. The van der Waals surface area contributed by atoms with Gasteiger partial charge in [0, 0.05) is 13.0 Å². The minimum atomic E-state index is -0.840. The van der Waals surface area contributed by atoms with E-state index in [1.165, 1.54) is 6.08 Å². The molecule has 2 N–H and O–H groups in total. The molecular weight excluding hydrogens is 246 g/mol. The normalized spacial score (nSPS) is 9.68. The Balaban J connectivity index is 2.54. The zero-order chi connectivity index (χ0) is 14.1. The van der Waals surface area contributed by atoms with E-state index in [9.17, 15) is 9.59 Å². The molecule has 19 heavy (non-hydrogen) atoms. The maximum absolute atomic E-state index is 11.3. The van der Waals surface area contributed by atoms with Gasteiger partial charge in [-0.05, 0) is 17.5 Å². The molecule has 0 radical (unpaired) electrons. The van der Waals surface area contributed by atoms with Crippen molar-refractivity contribution in [2.75, 3.05) is 6.61 Å². The van der Waals surface area contributed by atoms with Gasteiger partial charge >= 0.3 is 12.1 Å². The van der Waals surface area contributed by atoms with Crippen molar-refractivity contribution in [2.45, 2.75) is 19.4 Å². The number of benzene rings is 1. The lowest BCUT2D eigenvalue weighted by molar-refractivity contribution is -0.136. The van der Waals surface area contributed by atoms with Crippen LogP contribution in [0.15, 0.2) is 36.9 Å². The lowest BCUT2D eigenvalue weighted by Gasteiger charge is -2.09. The average Bonchev–Trinajstić information content (AvgIpc) is 2.41. The molecule has 102 valence electrons. The van der Waals surface area contributed by atoms with Gasteiger partial charge in [-0.2, -0.15) is 0 Å². The molecule has 5 heteroatoms. The van der Waals surface area contributed by atoms with Gasteiger partial charge in [-0.15, -0.1) is 0 Å². The highest BCUT2D eigenvalue weighted by Gasteiger charge is 2.06. The van der Waals surface area contributed by atoms with Crippen molar-refractivity contribution in [3.63, 3.8) is 0 Å². The zero-order valence-corrected chi connectivity index (χ0v) is 10.6. The molecule has 0 spiro atoms. The molecule has 1 amide bonds. The summed E-state index contributed by atoms with van der Waals surface area (Å²) in [5.74, 6) is -0.840. The van der Waals surface area contributed by atoms with Gasteiger partial charge in [-0.1, -0.05) is 36.9 Å². The molecular formula is C14H17NO4. The Kier molecular flexibility index (Phi) is 6.15. The number of amides is 1. The third-order valence-electron chi connectivity index (χ3n) is 2.48. The fraction of sp³-hybridized carbons (Fsp3) is 0.286. The van der Waals surface area contributed by atoms with Crippen LogP contribution in [0.3, 0.4) is 0 Å². The zero-order valence-electron chi connectivity index (χ0n) is 10.6. The van der Waals surface area contributed by atoms with Crippen molar-refractivity contribution in [3.05, 3.63) is 48.0 Å². The number of carbonyl (C=O) groups is 2. The topological polar surface area (TPSA) is 75.6 Å². The van der Waals surface area contributed by atoms with Gasteiger partial charge in [0.15, 0.2) is 0 Å². The molecule has 1 rings (SSSR count). The van der Waals surface area contributed by atoms with Gasteiger partial charge < -0.3 is 15.2 Å². The van der Waals surface area contributed by atoms with E-state index in [0.29, 0.717) is 13.0 Å². The number of aryl methyl sites for hydroxylation is 1. The molecule has 0 saturated carbocycles. The number of hydrogen-bond donors (Lipinski definition) is 2. The third-order valence-corrected chi connectivity index (χ3v) is 2.48. The van der Waals surface area contributed by atoms with Crippen LogP contribution in [0.1, 0.15) is 17.5 Å². The van der Waals surface area contributed by atoms with Crippen molar-refractivity contribution in [1.82, 2.24) is 5.32 Å². The Morgan fingerprint density at radius 2 is 2.00 bits per heavy atom. The van der Waals surface area contributed by atoms with Crippen LogP contribution < -0.4 is 5.32 Å². The van der Waals surface area contributed by atoms with E-state index in [4.69, 9.17) is 9.84 Å². The van der Waals surface area contributed by atoms with E-state index in [0.717, 1.165) is 11.1 Å². The van der Waals surface area contributed by atoms with Crippen molar-refractivity contribution in [2.24, 2.45) is 0 Å². The van der Waals surface area contributed by atoms with Crippen LogP contribution in [0.2, 0.25) is 0 Å². The first-order valence-corrected chi connectivity index (χ1v) is 5.93. The van der Waals surface area contributed by atoms with Crippen molar-refractivity contribution >= 4 is 12.1 Å². The summed E-state index contributed by atoms with van der Waals surface area (Å²) in [4.78, 5) is 21.8. The van der Waals surface area contributed by atoms with E-state index in [-0.39, 0.29) is 13.0 Å². The van der Waals surface area contributed by atoms with E-state index in [2.05, 4.69) is 11.9 Å². The van der Waals surface area contributed by atoms with Crippen LogP contribution in [0.25, 0.3) is 0 Å². The fourth-order valence-electron chi connectivity index (χ4n) is 1.57. The molecule has 0 aliphatic rings. The Bertz CT molecular complexity index is 457. The first-order chi connectivity index (χ1) is 9.13. The molecule has 0 aliphatic heterocycles. The largest absolute Gasteiger partial charge is 0.481 e. The summed E-state index contributed by atoms with van der Waals surface area (Å²) >= 11 is 0. The highest BCUT2D eigenvalue weighted by molar-refractivity contribution is 5.68. The quantitative estimate of drug-likeness (QED) is 0.739. The molecule has 0 atom stereocenters. The van der Waals surface area contributed by atoms with Crippen molar-refractivity contribution < 1.29 is 19.4 Å². The molecule has 0 saturated heterocycles. The van der Waals surface area contributed by atoms with Gasteiger partial charge in [0.25, 0.3) is 0 Å². The number of rotatable bonds is 7. The van der Waals surface area contributed by atoms with Crippen molar-refractivity contribution in [3.8, 4) is 0 Å². The summed E-state index contributed by atoms with van der Waals surface area (Å²) in [6.07, 6.45) is 1.47. The predicted molar refractivity (Wildman–Crippen MR) is 70.8 cm³/mol. The number of hydrogen-bond acceptors (Lipinski definition) is 3. The predicted octanol–water partition coefficient (Wildman–Crippen LogP) is 2.12. The van der Waals surface area contributed by atoms with Crippen LogP contribution in [0.5, 0.6) is 0 Å². The Morgan fingerprint density at radius 3 is 2.63 bits per heavy atom. The summed E-state index contributed by atoms with van der Waals surface area (Å²) in [6, 6.07) is 7.40. The summed E-state index contributed by atoms with van der Waals surface area (Å²) in [7, 11) is 0. The summed E-state index contributed by atoms with van der Waals surface area (Å²) in [6.45, 7) is 3.92. The average molecular weight is 263 g/mol. The number of nitrogens with one attached hydrogen (secondary N) is 1. The Morgan fingerprint density at radius 1 is 1.32 bits per heavy atom. The van der Waals surface area contributed by atoms with Crippen LogP contribution in [-0.2, 0) is 22.5 Å². The number of alkyl carbamates (subject to hydrolysis) is 1. The Hall–Kier alpha value is -2.30. The number of carboxylic acids is 1. The van der Waals surface area contributed by atoms with E-state index >= 15 is 0 Å². The van der Waals surface area contributed by atoms with E-state index in [1.54, 1.807) is 0 Å². The standard InChI is InChI=1S/C14H17NO4/c1-2-9-19-14(18)15-10-12-6-4-3-5-11(12)7-8-13(16)17/h2-6H,1,7-10H2,(H,15,18)(H,16,17). The summed E-state index contributed by atoms with van der Waals surface area (Å²) in [5, 5.41) is 11.3. The second-order valence-corrected chi connectivity index (χ2v) is 3.90. The maximum atomic E-state index is 11.3. The summed E-state index contributed by atoms with van der Waals surface area (Å²) < 4.78 is 4.79. The van der Waals surface area contributed by atoms with Crippen LogP contribution in [-0.4, -0.2) is 23.8 Å². The van der Waals surface area contributed by atoms with Gasteiger partial charge in [0.2, 0.25) is 0 Å². The van der Waals surface area contributed by atoms with Crippen LogP contribution in [0, 0.1) is 0 Å². The Labute approximate surface area is 111 Å². The molecule has 1 aromatic carbocycles. The number of carboxylic acid groups (broad SMARTS) is 1. The van der Waals surface area contributed by atoms with Gasteiger partial charge in [0.05, 0.1) is 0 Å². The molecule has 0 fully saturated rings. The van der Waals surface area contributed by atoms with Gasteiger partial charge in [-0.25, -0.2) is 4.79 Å². The second-order valence-electron chi connectivity index (χ2n) is 3.90. The van der Waals surface area contributed by atoms with Gasteiger partial charge in [-0.3, -0.25) is 4.79 Å². The smallest absolute Gasteiger partial charge is 0.407 e. The monoisotopic (exact) mass is 263 g/mol. The van der Waals surface area contributed by atoms with E-state index < -0.39 is 12.1 Å². The van der Waals surface area contributed by atoms with E-state index in [1.807, 2.05) is 24.3 Å². The molecule has 1 aromatic rings. The first-order valence-electron chi connectivity index (χ1n) is 5.93. The third kappa shape index (κ3) is 5.72. The minimum absolute atomic E-state index is 0.0674. The number of ether oxygens (including phenoxy) is 1. The molecule has 0 bridgehead atoms. The minimum Gasteiger partial charge on any atom is -0.481 e. The van der Waals surface area contributed by atoms with Crippen LogP contribution >= 0.6 is 0 Å². The van der Waals surface area contributed by atoms with Gasteiger partial charge in [0.1, 0.15) is 6.61 Å².